The predicted molar refractivity (Wildman–Crippen MR) is 52.4 cm³/mol. The van der Waals surface area contributed by atoms with Gasteiger partial charge in [-0.3, -0.25) is 10.1 Å². The summed E-state index contributed by atoms with van der Waals surface area (Å²) in [6.07, 6.45) is 3.78. The minimum atomic E-state index is -0.403. The van der Waals surface area contributed by atoms with Crippen LogP contribution in [0.5, 0.6) is 0 Å². The number of nitro groups is 1. The van der Waals surface area contributed by atoms with Gasteiger partial charge in [0.2, 0.25) is 0 Å². The molecule has 0 spiro atoms. The Morgan fingerprint density at radius 2 is 1.64 bits per heavy atom. The lowest BCUT2D eigenvalue weighted by molar-refractivity contribution is -0.384. The maximum Gasteiger partial charge on any atom is 0.269 e. The van der Waals surface area contributed by atoms with E-state index in [2.05, 4.69) is 0 Å². The first-order valence-electron chi connectivity index (χ1n) is 4.15. The quantitative estimate of drug-likeness (QED) is 0.536. The number of aromatic nitrogens is 1. The Balaban J connectivity index is 2.36. The van der Waals surface area contributed by atoms with E-state index in [0.717, 1.165) is 5.69 Å². The number of hydrogen-bond acceptors (Lipinski definition) is 2. The van der Waals surface area contributed by atoms with Crippen LogP contribution in [0.4, 0.5) is 5.69 Å². The highest BCUT2D eigenvalue weighted by atomic mass is 16.6. The van der Waals surface area contributed by atoms with Crippen molar-refractivity contribution in [2.24, 2.45) is 0 Å². The lowest BCUT2D eigenvalue weighted by atomic mass is 10.3. The van der Waals surface area contributed by atoms with Crippen molar-refractivity contribution in [2.45, 2.75) is 0 Å². The van der Waals surface area contributed by atoms with Gasteiger partial charge < -0.3 is 4.57 Å². The number of nitro benzene ring substituents is 1. The summed E-state index contributed by atoms with van der Waals surface area (Å²) in [6.45, 7) is 0. The number of non-ortho nitro benzene ring substituents is 1. The zero-order valence-electron chi connectivity index (χ0n) is 7.33. The van der Waals surface area contributed by atoms with Crippen LogP contribution in [0.2, 0.25) is 0 Å². The molecule has 2 rings (SSSR count). The van der Waals surface area contributed by atoms with Crippen molar-refractivity contribution in [2.75, 3.05) is 0 Å². The standard InChI is InChI=1S/C10H8N2O2/c13-12(14)10-5-3-9(4-6-10)11-7-1-2-8-11/h1-8H. The van der Waals surface area contributed by atoms with Crippen LogP contribution in [-0.4, -0.2) is 9.49 Å². The molecule has 0 aliphatic carbocycles. The van der Waals surface area contributed by atoms with Crippen LogP contribution in [0, 0.1) is 10.1 Å². The molecule has 4 nitrogen and oxygen atoms in total. The number of nitrogens with zero attached hydrogens (tertiary/aromatic N) is 2. The third kappa shape index (κ3) is 1.50. The smallest absolute Gasteiger partial charge is 0.269 e. The minimum Gasteiger partial charge on any atom is -0.324 e. The van der Waals surface area contributed by atoms with E-state index in [4.69, 9.17) is 0 Å². The molecule has 0 N–H and O–H groups in total. The summed E-state index contributed by atoms with van der Waals surface area (Å²) in [6, 6.07) is 10.2. The molecule has 2 aromatic rings. The summed E-state index contributed by atoms with van der Waals surface area (Å²) >= 11 is 0. The molecular weight excluding hydrogens is 180 g/mol. The number of rotatable bonds is 2. The zero-order chi connectivity index (χ0) is 9.97. The van der Waals surface area contributed by atoms with Gasteiger partial charge in [0.1, 0.15) is 0 Å². The Morgan fingerprint density at radius 3 is 2.14 bits per heavy atom. The van der Waals surface area contributed by atoms with Gasteiger partial charge in [0.15, 0.2) is 0 Å². The average Bonchev–Trinajstić information content (AvgIpc) is 2.71. The van der Waals surface area contributed by atoms with E-state index in [-0.39, 0.29) is 5.69 Å². The molecule has 1 aromatic carbocycles. The molecule has 0 atom stereocenters. The summed E-state index contributed by atoms with van der Waals surface area (Å²) in [5, 5.41) is 10.4. The van der Waals surface area contributed by atoms with Crippen molar-refractivity contribution in [3.05, 3.63) is 58.9 Å². The molecule has 14 heavy (non-hydrogen) atoms. The van der Waals surface area contributed by atoms with Gasteiger partial charge in [-0.15, -0.1) is 0 Å². The number of benzene rings is 1. The van der Waals surface area contributed by atoms with Gasteiger partial charge in [-0.05, 0) is 24.3 Å². The normalized spacial score (nSPS) is 10.0. The highest BCUT2D eigenvalue weighted by Crippen LogP contribution is 2.14. The fraction of sp³-hybridized carbons (Fsp3) is 0. The molecule has 1 aromatic heterocycles. The molecule has 70 valence electrons. The molecule has 0 fully saturated rings. The second kappa shape index (κ2) is 3.33. The van der Waals surface area contributed by atoms with Crippen LogP contribution in [0.3, 0.4) is 0 Å². The van der Waals surface area contributed by atoms with E-state index in [0.29, 0.717) is 0 Å². The molecule has 4 heteroatoms. The Hall–Kier alpha value is -2.10. The molecule has 0 radical (unpaired) electrons. The van der Waals surface area contributed by atoms with Crippen molar-refractivity contribution in [1.82, 2.24) is 4.57 Å². The third-order valence-corrected chi connectivity index (χ3v) is 1.96. The first-order chi connectivity index (χ1) is 6.77. The van der Waals surface area contributed by atoms with Crippen molar-refractivity contribution >= 4 is 5.69 Å². The summed E-state index contributed by atoms with van der Waals surface area (Å²) in [5.41, 5.74) is 1.03. The van der Waals surface area contributed by atoms with Crippen LogP contribution < -0.4 is 0 Å². The van der Waals surface area contributed by atoms with Crippen molar-refractivity contribution in [3.8, 4) is 5.69 Å². The molecule has 0 amide bonds. The van der Waals surface area contributed by atoms with Gasteiger partial charge in [0.25, 0.3) is 5.69 Å². The van der Waals surface area contributed by atoms with E-state index in [1.807, 2.05) is 29.1 Å². The van der Waals surface area contributed by atoms with Crippen LogP contribution >= 0.6 is 0 Å². The Bertz CT molecular complexity index is 432. The average molecular weight is 188 g/mol. The van der Waals surface area contributed by atoms with Crippen LogP contribution in [0.25, 0.3) is 5.69 Å². The van der Waals surface area contributed by atoms with Gasteiger partial charge >= 0.3 is 0 Å². The topological polar surface area (TPSA) is 48.1 Å². The van der Waals surface area contributed by atoms with Crippen molar-refractivity contribution < 1.29 is 4.92 Å². The summed E-state index contributed by atoms with van der Waals surface area (Å²) < 4.78 is 1.89. The Kier molecular flexibility index (Phi) is 2.02. The highest BCUT2D eigenvalue weighted by Gasteiger charge is 2.03. The van der Waals surface area contributed by atoms with Gasteiger partial charge in [-0.25, -0.2) is 0 Å². The summed E-state index contributed by atoms with van der Waals surface area (Å²) in [4.78, 5) is 9.99. The first-order valence-corrected chi connectivity index (χ1v) is 4.15. The Morgan fingerprint density at radius 1 is 1.07 bits per heavy atom. The van der Waals surface area contributed by atoms with Crippen molar-refractivity contribution in [3.63, 3.8) is 0 Å². The molecular formula is C10H8N2O2. The van der Waals surface area contributed by atoms with E-state index in [1.54, 1.807) is 12.1 Å². The third-order valence-electron chi connectivity index (χ3n) is 1.96. The van der Waals surface area contributed by atoms with Gasteiger partial charge in [0, 0.05) is 30.2 Å². The lowest BCUT2D eigenvalue weighted by Crippen LogP contribution is -1.91. The molecule has 0 bridgehead atoms. The maximum absolute atomic E-state index is 10.4. The van der Waals surface area contributed by atoms with Gasteiger partial charge in [0.05, 0.1) is 4.92 Å². The summed E-state index contributed by atoms with van der Waals surface area (Å²) in [5.74, 6) is 0. The van der Waals surface area contributed by atoms with E-state index >= 15 is 0 Å². The molecule has 0 saturated carbocycles. The fourth-order valence-corrected chi connectivity index (χ4v) is 1.25. The highest BCUT2D eigenvalue weighted by molar-refractivity contribution is 5.40. The van der Waals surface area contributed by atoms with Crippen molar-refractivity contribution in [1.29, 1.82) is 0 Å². The molecule has 0 unspecified atom stereocenters. The monoisotopic (exact) mass is 188 g/mol. The molecule has 0 saturated heterocycles. The predicted octanol–water partition coefficient (Wildman–Crippen LogP) is 2.39. The largest absolute Gasteiger partial charge is 0.324 e. The molecule has 1 heterocycles. The van der Waals surface area contributed by atoms with Crippen LogP contribution in [-0.2, 0) is 0 Å². The minimum absolute atomic E-state index is 0.112. The van der Waals surface area contributed by atoms with Crippen LogP contribution in [0.1, 0.15) is 0 Å². The van der Waals surface area contributed by atoms with Gasteiger partial charge in [-0.1, -0.05) is 0 Å². The molecule has 0 aliphatic rings. The second-order valence-corrected chi connectivity index (χ2v) is 2.86. The van der Waals surface area contributed by atoms with Gasteiger partial charge in [-0.2, -0.15) is 0 Å². The molecule has 0 aliphatic heterocycles. The van der Waals surface area contributed by atoms with E-state index in [9.17, 15) is 10.1 Å². The van der Waals surface area contributed by atoms with Crippen LogP contribution in [0.15, 0.2) is 48.8 Å². The second-order valence-electron chi connectivity index (χ2n) is 2.86. The number of hydrogen-bond donors (Lipinski definition) is 0. The first kappa shape index (κ1) is 8.50. The van der Waals surface area contributed by atoms with E-state index < -0.39 is 4.92 Å². The Labute approximate surface area is 80.6 Å². The fourth-order valence-electron chi connectivity index (χ4n) is 1.25. The zero-order valence-corrected chi connectivity index (χ0v) is 7.33. The van der Waals surface area contributed by atoms with E-state index in [1.165, 1.54) is 12.1 Å². The summed E-state index contributed by atoms with van der Waals surface area (Å²) in [7, 11) is 0. The SMILES string of the molecule is O=[N+]([O-])c1ccc(-n2cccc2)cc1. The lowest BCUT2D eigenvalue weighted by Gasteiger charge is -2.00. The maximum atomic E-state index is 10.4.